The first-order chi connectivity index (χ1) is 60.0. The molecule has 3 aliphatic rings. The van der Waals surface area contributed by atoms with Crippen LogP contribution >= 0.6 is 46.4 Å². The van der Waals surface area contributed by atoms with Crippen LogP contribution in [0.5, 0.6) is 5.75 Å². The van der Waals surface area contributed by atoms with E-state index in [2.05, 4.69) is 60.5 Å². The van der Waals surface area contributed by atoms with Crippen molar-refractivity contribution in [1.82, 2.24) is 73.3 Å². The summed E-state index contributed by atoms with van der Waals surface area (Å²) in [6.07, 6.45) is 14.9. The van der Waals surface area contributed by atoms with Crippen LogP contribution in [0.1, 0.15) is 140 Å². The van der Waals surface area contributed by atoms with Crippen LogP contribution in [0.15, 0.2) is 168 Å². The molecule has 3 amide bonds. The smallest absolute Gasteiger partial charge is 0.355 e. The van der Waals surface area contributed by atoms with E-state index < -0.39 is 28.7 Å². The third-order valence-electron chi connectivity index (χ3n) is 23.4. The van der Waals surface area contributed by atoms with Gasteiger partial charge in [-0.2, -0.15) is 15.0 Å². The zero-order chi connectivity index (χ0) is 91.2. The Morgan fingerprint density at radius 3 is 1.26 bits per heavy atom. The number of hydrogen-bond donors (Lipinski definition) is 1. The second-order valence-electron chi connectivity index (χ2n) is 32.7. The van der Waals surface area contributed by atoms with Gasteiger partial charge < -0.3 is 34.5 Å². The maximum atomic E-state index is 15.2. The van der Waals surface area contributed by atoms with Gasteiger partial charge in [-0.15, -0.1) is 6.42 Å². The summed E-state index contributed by atoms with van der Waals surface area (Å²) in [5, 5.41) is 12.7. The zero-order valence-electron chi connectivity index (χ0n) is 72.6. The number of amides is 3. The van der Waals surface area contributed by atoms with Crippen LogP contribution < -0.4 is 31.8 Å². The number of anilines is 3. The van der Waals surface area contributed by atoms with Crippen LogP contribution in [0.25, 0.3) is 83.9 Å². The lowest BCUT2D eigenvalue weighted by atomic mass is 10.0. The predicted molar refractivity (Wildman–Crippen MR) is 496 cm³/mol. The van der Waals surface area contributed by atoms with E-state index in [0.29, 0.717) is 129 Å². The maximum absolute atomic E-state index is 15.2. The van der Waals surface area contributed by atoms with Gasteiger partial charge in [0.25, 0.3) is 0 Å². The Balaban J connectivity index is 0.000000162. The van der Waals surface area contributed by atoms with Gasteiger partial charge in [0.1, 0.15) is 29.0 Å². The second kappa shape index (κ2) is 37.3. The molecular formula is C95H96Cl4F2N18O7. The van der Waals surface area contributed by atoms with Crippen molar-refractivity contribution < 1.29 is 28.3 Å². The summed E-state index contributed by atoms with van der Waals surface area (Å²) in [6, 6.07) is 25.5. The number of benzene rings is 3. The Morgan fingerprint density at radius 1 is 0.468 bits per heavy atom. The van der Waals surface area contributed by atoms with Gasteiger partial charge in [-0.05, 0) is 182 Å². The van der Waals surface area contributed by atoms with Gasteiger partial charge in [0, 0.05) is 111 Å². The molecule has 650 valence electrons. The second-order valence-corrected chi connectivity index (χ2v) is 34.3. The number of phenols is 1. The number of terminal acetylenes is 1. The van der Waals surface area contributed by atoms with Crippen LogP contribution in [-0.4, -0.2) is 172 Å². The van der Waals surface area contributed by atoms with Crippen LogP contribution in [-0.2, 0) is 14.4 Å². The van der Waals surface area contributed by atoms with E-state index in [0.717, 1.165) is 22.4 Å². The number of phenolic OH excluding ortho intramolecular Hbond substituents is 1. The molecular weight excluding hydrogens is 1680 g/mol. The summed E-state index contributed by atoms with van der Waals surface area (Å²) < 4.78 is 34.6. The van der Waals surface area contributed by atoms with E-state index >= 15 is 8.78 Å². The molecule has 31 heteroatoms. The van der Waals surface area contributed by atoms with Crippen LogP contribution in [0.4, 0.5) is 26.2 Å². The van der Waals surface area contributed by atoms with Crippen molar-refractivity contribution in [2.24, 2.45) is 0 Å². The lowest BCUT2D eigenvalue weighted by molar-refractivity contribution is -0.129. The van der Waals surface area contributed by atoms with Gasteiger partial charge in [-0.25, -0.2) is 51.8 Å². The van der Waals surface area contributed by atoms with Gasteiger partial charge in [0.2, 0.25) is 17.7 Å². The first-order valence-electron chi connectivity index (χ1n) is 41.3. The Labute approximate surface area is 748 Å². The summed E-state index contributed by atoms with van der Waals surface area (Å²) >= 11 is 26.6. The lowest BCUT2D eigenvalue weighted by Crippen LogP contribution is -2.59. The molecule has 0 bridgehead atoms. The SMILES string of the molecule is C#Cc1ccccc1-c1nc2c(cc1Cl)c(N1CC(C)N(C(=O)C=C)CC1C)nc(=O)n2-c1c(C)ccnc1C(C)C.C=CC(=O)N1CC(C)N(c2nc(=O)n(-c3c(C)ccnc3C(C)C)c3nc(-c4cccc(Cl)c4F)c(Cl)cc23)CC1C.C=CC(=O)N1CCN(c2nc(=O)n(-c3c(C)ccnc3C(C)C)c3nc(-c4c(O)cccc4F)c(Cl)cc23)[C@@H](C)[C@H]1C. The van der Waals surface area contributed by atoms with Crippen molar-refractivity contribution >= 4 is 115 Å². The van der Waals surface area contributed by atoms with Crippen LogP contribution in [0, 0.1) is 44.7 Å². The molecule has 0 radical (unpaired) electrons. The number of hydrogen-bond acceptors (Lipinski definition) is 19. The Bertz CT molecular complexity index is 6630. The Kier molecular flexibility index (Phi) is 27.0. The minimum Gasteiger partial charge on any atom is -0.507 e. The number of fused-ring (bicyclic) bond motifs is 3. The van der Waals surface area contributed by atoms with Gasteiger partial charge in [0.15, 0.2) is 22.8 Å². The van der Waals surface area contributed by atoms with Crippen molar-refractivity contribution in [3.05, 3.63) is 256 Å². The Morgan fingerprint density at radius 2 is 0.849 bits per heavy atom. The van der Waals surface area contributed by atoms with Crippen LogP contribution in [0.3, 0.4) is 0 Å². The molecule has 3 aliphatic heterocycles. The highest BCUT2D eigenvalue weighted by Crippen LogP contribution is 2.44. The molecule has 25 nitrogen and oxygen atoms in total. The largest absolute Gasteiger partial charge is 0.507 e. The predicted octanol–water partition coefficient (Wildman–Crippen LogP) is 17.2. The summed E-state index contributed by atoms with van der Waals surface area (Å²) in [5.41, 5.74) is 7.38. The van der Waals surface area contributed by atoms with E-state index in [1.165, 1.54) is 51.6 Å². The number of halogens is 6. The zero-order valence-corrected chi connectivity index (χ0v) is 75.6. The lowest BCUT2D eigenvalue weighted by Gasteiger charge is -2.45. The third kappa shape index (κ3) is 17.1. The van der Waals surface area contributed by atoms with E-state index in [4.69, 9.17) is 67.8 Å². The number of rotatable bonds is 15. The Hall–Kier alpha value is -12.6. The highest BCUT2D eigenvalue weighted by atomic mass is 35.5. The van der Waals surface area contributed by atoms with Crippen LogP contribution in [0.2, 0.25) is 20.1 Å². The van der Waals surface area contributed by atoms with Gasteiger partial charge in [0.05, 0.1) is 93.0 Å². The van der Waals surface area contributed by atoms with Crippen molar-refractivity contribution in [3.63, 3.8) is 0 Å². The average Bonchev–Trinajstić information content (AvgIpc) is 0.739. The average molecular weight is 1780 g/mol. The topological polar surface area (TPSA) is 273 Å². The molecule has 126 heavy (non-hydrogen) atoms. The minimum absolute atomic E-state index is 0.0134. The first kappa shape index (κ1) is 91.1. The molecule has 4 unspecified atom stereocenters. The molecule has 6 atom stereocenters. The molecule has 12 aromatic rings. The molecule has 3 saturated heterocycles. The summed E-state index contributed by atoms with van der Waals surface area (Å²) in [5.74, 6) is 1.72. The quantitative estimate of drug-likeness (QED) is 0.0737. The molecule has 0 spiro atoms. The normalized spacial score (nSPS) is 17.2. The fourth-order valence-corrected chi connectivity index (χ4v) is 17.7. The highest BCUT2D eigenvalue weighted by molar-refractivity contribution is 6.35. The number of aromatic hydroxyl groups is 1. The molecule has 9 aromatic heterocycles. The van der Waals surface area contributed by atoms with Gasteiger partial charge >= 0.3 is 17.1 Å². The monoisotopic (exact) mass is 1780 g/mol. The highest BCUT2D eigenvalue weighted by Gasteiger charge is 2.40. The number of aryl methyl sites for hydroxylation is 3. The van der Waals surface area contributed by atoms with Gasteiger partial charge in [-0.3, -0.25) is 29.3 Å². The maximum Gasteiger partial charge on any atom is 0.355 e. The minimum atomic E-state index is -0.710. The summed E-state index contributed by atoms with van der Waals surface area (Å²) in [4.78, 5) is 133. The number of nitrogens with zero attached hydrogens (tertiary/aromatic N) is 18. The van der Waals surface area contributed by atoms with Gasteiger partial charge in [-0.1, -0.05) is 144 Å². The van der Waals surface area contributed by atoms with Crippen molar-refractivity contribution in [2.75, 3.05) is 54.0 Å². The number of aromatic nitrogens is 12. The van der Waals surface area contributed by atoms with E-state index in [-0.39, 0.29) is 126 Å². The molecule has 0 saturated carbocycles. The van der Waals surface area contributed by atoms with E-state index in [9.17, 15) is 33.9 Å². The summed E-state index contributed by atoms with van der Waals surface area (Å²) in [7, 11) is 0. The first-order valence-corrected chi connectivity index (χ1v) is 42.8. The third-order valence-corrected chi connectivity index (χ3v) is 24.5. The standard InChI is InChI=1S/C33H33ClN6O2.C31H31Cl2FN6O2.C31H32ClFN6O3/c1-8-23-12-10-11-13-24(23)29-26(34)16-25-31(39-18-21(6)38(17-22(39)7)27(41)9-2)37-33(42)40(32(25)36-29)30-20(5)14-15-35-28(30)19(3)4;1-7-24(41)38-14-19(6)39(15-18(38)5)29-21-13-23(33)27(20-9-8-10-22(32)25(20)34)36-30(21)40(31(42)37-29)28-17(4)11-12-35-26(28)16(2)3;1-7-24(41)37-13-14-38(19(6)18(37)5)29-20-15-21(32)27(25-22(33)9-8-10-23(25)40)35-30(20)39(31(42)36-29)28-17(4)11-12-34-26(28)16(2)3/h1,9-16,19,21-22H,2,17-18H2,3-7H3;7-13,16,18-19H,1,14-15H2,2-6H3;7-12,15-16,18-19,40H,1,13-14H2,2-6H3/t;;18-,19+/m..1/s1. The van der Waals surface area contributed by atoms with Crippen molar-refractivity contribution in [1.29, 1.82) is 0 Å². The molecule has 1 N–H and O–H groups in total. The van der Waals surface area contributed by atoms with Crippen molar-refractivity contribution in [2.45, 2.75) is 158 Å². The molecule has 0 aliphatic carbocycles. The fraction of sp³-hybridized carbons (Fsp3) is 0.316. The number of piperazine rings is 3. The molecule has 3 aromatic carbocycles. The number of carbonyl (C=O) groups excluding carboxylic acids is 3. The fourth-order valence-electron chi connectivity index (χ4n) is 16.8. The molecule has 15 rings (SSSR count). The molecule has 3 fully saturated rings. The number of pyridine rings is 6. The van der Waals surface area contributed by atoms with E-state index in [1.807, 2.05) is 156 Å². The van der Waals surface area contributed by atoms with E-state index in [1.54, 1.807) is 68.2 Å². The number of carbonyl (C=O) groups is 3. The van der Waals surface area contributed by atoms with Crippen molar-refractivity contribution in [3.8, 4) is 68.9 Å². The summed E-state index contributed by atoms with van der Waals surface area (Å²) in [6.45, 7) is 42.9. The molecule has 12 heterocycles.